The lowest BCUT2D eigenvalue weighted by atomic mass is 10.1. The Balaban J connectivity index is 3.12. The molecule has 0 aromatic heterocycles. The Hall–Kier alpha value is -0.300. The van der Waals surface area contributed by atoms with Gasteiger partial charge in [-0.1, -0.05) is 12.1 Å². The minimum absolute atomic E-state index is 0.151. The summed E-state index contributed by atoms with van der Waals surface area (Å²) >= 11 is 1.65. The number of benzene rings is 1. The molecule has 0 spiro atoms. The maximum absolute atomic E-state index is 13.3. The van der Waals surface area contributed by atoms with E-state index in [4.69, 9.17) is 5.11 Å². The summed E-state index contributed by atoms with van der Waals surface area (Å²) in [7, 11) is 0. The molecule has 0 aliphatic rings. The van der Waals surface area contributed by atoms with Crippen LogP contribution in [0.15, 0.2) is 18.2 Å². The number of alkyl halides is 2. The third-order valence-corrected chi connectivity index (χ3v) is 2.60. The summed E-state index contributed by atoms with van der Waals surface area (Å²) in [6.45, 7) is -0.669. The topological polar surface area (TPSA) is 20.2 Å². The van der Waals surface area contributed by atoms with Crippen LogP contribution in [0, 0.1) is 9.39 Å². The summed E-state index contributed by atoms with van der Waals surface area (Å²) in [4.78, 5) is 0. The van der Waals surface area contributed by atoms with Gasteiger partial charge in [0, 0.05) is 16.6 Å². The zero-order valence-corrected chi connectivity index (χ0v) is 9.26. The number of rotatable bonds is 3. The lowest BCUT2D eigenvalue weighted by Gasteiger charge is -2.16. The summed E-state index contributed by atoms with van der Waals surface area (Å²) < 4.78 is 39.8. The van der Waals surface area contributed by atoms with Gasteiger partial charge in [-0.05, 0) is 28.7 Å². The molecule has 0 aliphatic carbocycles. The highest BCUT2D eigenvalue weighted by atomic mass is 127. The van der Waals surface area contributed by atoms with Crippen LogP contribution in [0.3, 0.4) is 0 Å². The number of aliphatic hydroxyl groups excluding tert-OH is 1. The highest BCUT2D eigenvalue weighted by Gasteiger charge is 2.34. The van der Waals surface area contributed by atoms with Crippen molar-refractivity contribution in [3.05, 3.63) is 33.1 Å². The number of hydrogen-bond acceptors (Lipinski definition) is 1. The van der Waals surface area contributed by atoms with Crippen LogP contribution in [-0.2, 0) is 5.92 Å². The molecule has 0 saturated carbocycles. The van der Waals surface area contributed by atoms with Gasteiger partial charge in [0.1, 0.15) is 5.82 Å². The van der Waals surface area contributed by atoms with E-state index in [1.165, 1.54) is 12.1 Å². The summed E-state index contributed by atoms with van der Waals surface area (Å²) in [5.41, 5.74) is -0.654. The molecule has 5 heteroatoms. The normalized spacial score (nSPS) is 11.8. The fourth-order valence-corrected chi connectivity index (χ4v) is 1.56. The standard InChI is InChI=1S/C9H8F3IO/c10-8-6(2-1-3-7(8)13)9(11,12)4-5-14/h1-3,14H,4-5H2. The van der Waals surface area contributed by atoms with Crippen molar-refractivity contribution in [1.82, 2.24) is 0 Å². The highest BCUT2D eigenvalue weighted by molar-refractivity contribution is 14.1. The maximum Gasteiger partial charge on any atom is 0.278 e. The first-order valence-corrected chi connectivity index (χ1v) is 5.00. The predicted octanol–water partition coefficient (Wildman–Crippen LogP) is 2.90. The molecule has 14 heavy (non-hydrogen) atoms. The molecule has 0 radical (unpaired) electrons. The molecule has 0 atom stereocenters. The second kappa shape index (κ2) is 4.48. The van der Waals surface area contributed by atoms with Gasteiger partial charge in [-0.25, -0.2) is 13.2 Å². The van der Waals surface area contributed by atoms with E-state index >= 15 is 0 Å². The van der Waals surface area contributed by atoms with Crippen LogP contribution in [0.5, 0.6) is 0 Å². The first-order chi connectivity index (χ1) is 6.49. The first-order valence-electron chi connectivity index (χ1n) is 3.92. The molecule has 1 aromatic carbocycles. The highest BCUT2D eigenvalue weighted by Crippen LogP contribution is 2.34. The predicted molar refractivity (Wildman–Crippen MR) is 54.7 cm³/mol. The Morgan fingerprint density at radius 1 is 1.36 bits per heavy atom. The molecule has 1 nitrogen and oxygen atoms in total. The monoisotopic (exact) mass is 316 g/mol. The average molecular weight is 316 g/mol. The Morgan fingerprint density at radius 3 is 2.57 bits per heavy atom. The molecule has 0 unspecified atom stereocenters. The second-order valence-corrected chi connectivity index (χ2v) is 3.94. The zero-order valence-electron chi connectivity index (χ0n) is 7.11. The van der Waals surface area contributed by atoms with Crippen molar-refractivity contribution >= 4 is 22.6 Å². The van der Waals surface area contributed by atoms with Crippen LogP contribution in [0.2, 0.25) is 0 Å². The third kappa shape index (κ3) is 2.38. The van der Waals surface area contributed by atoms with E-state index in [-0.39, 0.29) is 3.57 Å². The molecule has 78 valence electrons. The Morgan fingerprint density at radius 2 is 2.00 bits per heavy atom. The van der Waals surface area contributed by atoms with Gasteiger partial charge in [-0.15, -0.1) is 0 Å². The molecule has 1 rings (SSSR count). The number of halogens is 4. The lowest BCUT2D eigenvalue weighted by Crippen LogP contribution is -2.17. The van der Waals surface area contributed by atoms with Crippen molar-refractivity contribution in [3.63, 3.8) is 0 Å². The molecule has 0 heterocycles. The fraction of sp³-hybridized carbons (Fsp3) is 0.333. The van der Waals surface area contributed by atoms with E-state index in [0.29, 0.717) is 0 Å². The van der Waals surface area contributed by atoms with Crippen molar-refractivity contribution in [2.24, 2.45) is 0 Å². The van der Waals surface area contributed by atoms with Gasteiger partial charge in [0.2, 0.25) is 0 Å². The summed E-state index contributed by atoms with van der Waals surface area (Å²) in [6, 6.07) is 3.81. The van der Waals surface area contributed by atoms with Crippen LogP contribution in [0.4, 0.5) is 13.2 Å². The van der Waals surface area contributed by atoms with E-state index in [2.05, 4.69) is 0 Å². The minimum Gasteiger partial charge on any atom is -0.396 e. The molecule has 0 bridgehead atoms. The van der Waals surface area contributed by atoms with Crippen LogP contribution in [0.25, 0.3) is 0 Å². The average Bonchev–Trinajstić information content (AvgIpc) is 2.09. The van der Waals surface area contributed by atoms with Crippen molar-refractivity contribution in [3.8, 4) is 0 Å². The number of aliphatic hydroxyl groups is 1. The van der Waals surface area contributed by atoms with Crippen molar-refractivity contribution in [1.29, 1.82) is 0 Å². The third-order valence-electron chi connectivity index (χ3n) is 1.77. The molecule has 0 amide bonds. The summed E-state index contributed by atoms with van der Waals surface area (Å²) in [5.74, 6) is -4.22. The van der Waals surface area contributed by atoms with Gasteiger partial charge in [0.15, 0.2) is 0 Å². The Labute approximate surface area is 93.1 Å². The van der Waals surface area contributed by atoms with Crippen molar-refractivity contribution in [2.45, 2.75) is 12.3 Å². The van der Waals surface area contributed by atoms with Gasteiger partial charge in [-0.3, -0.25) is 0 Å². The van der Waals surface area contributed by atoms with Crippen molar-refractivity contribution in [2.75, 3.05) is 6.61 Å². The Kier molecular flexibility index (Phi) is 3.77. The SMILES string of the molecule is OCCC(F)(F)c1cccc(I)c1F. The zero-order chi connectivity index (χ0) is 10.8. The van der Waals surface area contributed by atoms with E-state index in [9.17, 15) is 13.2 Å². The van der Waals surface area contributed by atoms with Crippen LogP contribution >= 0.6 is 22.6 Å². The molecule has 0 fully saturated rings. The summed E-state index contributed by atoms with van der Waals surface area (Å²) in [5, 5.41) is 8.42. The van der Waals surface area contributed by atoms with Crippen LogP contribution < -0.4 is 0 Å². The van der Waals surface area contributed by atoms with Gasteiger partial charge < -0.3 is 5.11 Å². The molecular weight excluding hydrogens is 308 g/mol. The van der Waals surface area contributed by atoms with Gasteiger partial charge in [0.05, 0.1) is 5.56 Å². The largest absolute Gasteiger partial charge is 0.396 e. The fourth-order valence-electron chi connectivity index (χ4n) is 1.06. The van der Waals surface area contributed by atoms with Gasteiger partial charge in [0.25, 0.3) is 5.92 Å². The van der Waals surface area contributed by atoms with E-state index < -0.39 is 30.3 Å². The van der Waals surface area contributed by atoms with Crippen molar-refractivity contribution < 1.29 is 18.3 Å². The van der Waals surface area contributed by atoms with Gasteiger partial charge in [-0.2, -0.15) is 0 Å². The maximum atomic E-state index is 13.3. The lowest BCUT2D eigenvalue weighted by molar-refractivity contribution is -0.0301. The molecule has 1 aromatic rings. The van der Waals surface area contributed by atoms with Crippen LogP contribution in [0.1, 0.15) is 12.0 Å². The smallest absolute Gasteiger partial charge is 0.278 e. The molecule has 1 N–H and O–H groups in total. The van der Waals surface area contributed by atoms with Gasteiger partial charge >= 0.3 is 0 Å². The van der Waals surface area contributed by atoms with E-state index in [1.54, 1.807) is 22.6 Å². The van der Waals surface area contributed by atoms with E-state index in [0.717, 1.165) is 6.07 Å². The number of hydrogen-bond donors (Lipinski definition) is 1. The minimum atomic E-state index is -3.31. The summed E-state index contributed by atoms with van der Waals surface area (Å²) in [6.07, 6.45) is -0.760. The first kappa shape index (κ1) is 11.8. The molecule has 0 saturated heterocycles. The van der Waals surface area contributed by atoms with Crippen LogP contribution in [-0.4, -0.2) is 11.7 Å². The molecule has 0 aliphatic heterocycles. The van der Waals surface area contributed by atoms with E-state index in [1.807, 2.05) is 0 Å². The Bertz CT molecular complexity index is 328. The second-order valence-electron chi connectivity index (χ2n) is 2.78. The molecular formula is C9H8F3IO. The quantitative estimate of drug-likeness (QED) is 0.850.